The standard InChI is InChI=1S/C20H21F2NO4/c1-12-9-15(13(2)23(12)10-14-5-4-8-26-14)18(24)11-27-20(25)19-16(21)6-3-7-17(19)22/h3,6-7,9,14H,4-5,8,10-11H2,1-2H3/t14-/m0/s1. The average Bonchev–Trinajstić information content (AvgIpc) is 3.23. The summed E-state index contributed by atoms with van der Waals surface area (Å²) in [7, 11) is 0. The van der Waals surface area contributed by atoms with E-state index in [0.717, 1.165) is 49.0 Å². The molecular weight excluding hydrogens is 356 g/mol. The second-order valence-corrected chi connectivity index (χ2v) is 6.63. The number of benzene rings is 1. The maximum Gasteiger partial charge on any atom is 0.344 e. The molecule has 0 unspecified atom stereocenters. The number of hydrogen-bond donors (Lipinski definition) is 0. The van der Waals surface area contributed by atoms with Gasteiger partial charge in [0, 0.05) is 30.1 Å². The monoisotopic (exact) mass is 377 g/mol. The molecule has 7 heteroatoms. The molecule has 1 aromatic carbocycles. The van der Waals surface area contributed by atoms with Crippen molar-refractivity contribution in [3.63, 3.8) is 0 Å². The van der Waals surface area contributed by atoms with Gasteiger partial charge in [0.2, 0.25) is 5.78 Å². The Bertz CT molecular complexity index is 849. The lowest BCUT2D eigenvalue weighted by atomic mass is 10.1. The van der Waals surface area contributed by atoms with Crippen LogP contribution in [0.4, 0.5) is 8.78 Å². The van der Waals surface area contributed by atoms with E-state index in [1.54, 1.807) is 6.07 Å². The lowest BCUT2D eigenvalue weighted by molar-refractivity contribution is 0.0465. The minimum Gasteiger partial charge on any atom is -0.454 e. The van der Waals surface area contributed by atoms with Crippen LogP contribution in [-0.4, -0.2) is 35.6 Å². The van der Waals surface area contributed by atoms with E-state index in [1.807, 2.05) is 18.4 Å². The molecule has 144 valence electrons. The zero-order valence-corrected chi connectivity index (χ0v) is 15.3. The highest BCUT2D eigenvalue weighted by Crippen LogP contribution is 2.21. The first-order valence-corrected chi connectivity index (χ1v) is 8.81. The summed E-state index contributed by atoms with van der Waals surface area (Å²) in [5.74, 6) is -3.68. The summed E-state index contributed by atoms with van der Waals surface area (Å²) < 4.78 is 39.7. The van der Waals surface area contributed by atoms with E-state index in [-0.39, 0.29) is 6.10 Å². The number of hydrogen-bond acceptors (Lipinski definition) is 4. The van der Waals surface area contributed by atoms with Gasteiger partial charge >= 0.3 is 5.97 Å². The molecule has 2 heterocycles. The zero-order chi connectivity index (χ0) is 19.6. The highest BCUT2D eigenvalue weighted by molar-refractivity contribution is 6.00. The van der Waals surface area contributed by atoms with Crippen LogP contribution < -0.4 is 0 Å². The Morgan fingerprint density at radius 3 is 2.59 bits per heavy atom. The van der Waals surface area contributed by atoms with Gasteiger partial charge in [0.25, 0.3) is 0 Å². The number of esters is 1. The number of halogens is 2. The fourth-order valence-corrected chi connectivity index (χ4v) is 3.33. The lowest BCUT2D eigenvalue weighted by Gasteiger charge is -2.14. The van der Waals surface area contributed by atoms with Crippen molar-refractivity contribution in [1.29, 1.82) is 0 Å². The van der Waals surface area contributed by atoms with E-state index in [0.29, 0.717) is 12.1 Å². The van der Waals surface area contributed by atoms with Crippen LogP contribution in [-0.2, 0) is 16.0 Å². The van der Waals surface area contributed by atoms with Crippen molar-refractivity contribution >= 4 is 11.8 Å². The van der Waals surface area contributed by atoms with Crippen LogP contribution in [0.5, 0.6) is 0 Å². The normalized spacial score (nSPS) is 16.5. The molecule has 1 aliphatic rings. The first-order valence-electron chi connectivity index (χ1n) is 8.81. The molecule has 0 aliphatic carbocycles. The smallest absolute Gasteiger partial charge is 0.344 e. The first-order chi connectivity index (χ1) is 12.9. The molecule has 5 nitrogen and oxygen atoms in total. The lowest BCUT2D eigenvalue weighted by Crippen LogP contribution is -2.19. The van der Waals surface area contributed by atoms with E-state index < -0.39 is 35.6 Å². The van der Waals surface area contributed by atoms with Gasteiger partial charge in [-0.2, -0.15) is 0 Å². The van der Waals surface area contributed by atoms with E-state index in [9.17, 15) is 18.4 Å². The average molecular weight is 377 g/mol. The predicted octanol–water partition coefficient (Wildman–Crippen LogP) is 3.60. The van der Waals surface area contributed by atoms with Crippen molar-refractivity contribution in [2.24, 2.45) is 0 Å². The van der Waals surface area contributed by atoms with Crippen molar-refractivity contribution in [2.75, 3.05) is 13.2 Å². The van der Waals surface area contributed by atoms with Gasteiger partial charge in [-0.05, 0) is 44.9 Å². The van der Waals surface area contributed by atoms with Gasteiger partial charge in [0.1, 0.15) is 17.2 Å². The predicted molar refractivity (Wildman–Crippen MR) is 93.9 cm³/mol. The van der Waals surface area contributed by atoms with Gasteiger partial charge in [-0.25, -0.2) is 13.6 Å². The first kappa shape index (κ1) is 19.2. The third-order valence-corrected chi connectivity index (χ3v) is 4.79. The number of aromatic nitrogens is 1. The number of ether oxygens (including phenoxy) is 2. The molecule has 0 radical (unpaired) electrons. The number of ketones is 1. The fourth-order valence-electron chi connectivity index (χ4n) is 3.33. The minimum absolute atomic E-state index is 0.125. The molecule has 1 fully saturated rings. The van der Waals surface area contributed by atoms with Crippen LogP contribution >= 0.6 is 0 Å². The Labute approximate surface area is 155 Å². The SMILES string of the molecule is Cc1cc(C(=O)COC(=O)c2c(F)cccc2F)c(C)n1C[C@@H]1CCCO1. The van der Waals surface area contributed by atoms with Crippen molar-refractivity contribution < 1.29 is 27.8 Å². The second-order valence-electron chi connectivity index (χ2n) is 6.63. The van der Waals surface area contributed by atoms with Crippen molar-refractivity contribution in [3.8, 4) is 0 Å². The largest absolute Gasteiger partial charge is 0.454 e. The van der Waals surface area contributed by atoms with Crippen LogP contribution in [0.1, 0.15) is 44.9 Å². The number of Topliss-reactive ketones (excluding diaryl/α,β-unsaturated/α-hetero) is 1. The van der Waals surface area contributed by atoms with Gasteiger partial charge in [-0.3, -0.25) is 4.79 Å². The molecule has 0 N–H and O–H groups in total. The molecule has 3 rings (SSSR count). The van der Waals surface area contributed by atoms with Crippen LogP contribution in [0.2, 0.25) is 0 Å². The Hall–Kier alpha value is -2.54. The number of aryl methyl sites for hydroxylation is 1. The molecule has 1 atom stereocenters. The number of rotatable bonds is 6. The summed E-state index contributed by atoms with van der Waals surface area (Å²) in [6, 6.07) is 4.79. The van der Waals surface area contributed by atoms with Crippen molar-refractivity contribution in [3.05, 3.63) is 58.4 Å². The molecule has 1 aromatic heterocycles. The molecule has 0 amide bonds. The molecule has 1 saturated heterocycles. The molecule has 0 bridgehead atoms. The van der Waals surface area contributed by atoms with E-state index >= 15 is 0 Å². The highest BCUT2D eigenvalue weighted by atomic mass is 19.1. The van der Waals surface area contributed by atoms with Gasteiger partial charge in [0.05, 0.1) is 6.10 Å². The van der Waals surface area contributed by atoms with Gasteiger partial charge in [-0.15, -0.1) is 0 Å². The quantitative estimate of drug-likeness (QED) is 0.570. The molecule has 27 heavy (non-hydrogen) atoms. The number of carbonyl (C=O) groups excluding carboxylic acids is 2. The van der Waals surface area contributed by atoms with Crippen molar-refractivity contribution in [2.45, 2.75) is 39.3 Å². The summed E-state index contributed by atoms with van der Waals surface area (Å²) in [4.78, 5) is 24.4. The van der Waals surface area contributed by atoms with Crippen LogP contribution in [0.15, 0.2) is 24.3 Å². The van der Waals surface area contributed by atoms with E-state index in [4.69, 9.17) is 9.47 Å². The maximum atomic E-state index is 13.6. The summed E-state index contributed by atoms with van der Waals surface area (Å²) in [6.07, 6.45) is 2.13. The minimum atomic E-state index is -1.20. The maximum absolute atomic E-state index is 13.6. The fraction of sp³-hybridized carbons (Fsp3) is 0.400. The third kappa shape index (κ3) is 4.08. The summed E-state index contributed by atoms with van der Waals surface area (Å²) in [5.41, 5.74) is 1.28. The Morgan fingerprint density at radius 1 is 1.26 bits per heavy atom. The van der Waals surface area contributed by atoms with Crippen LogP contribution in [0.3, 0.4) is 0 Å². The Kier molecular flexibility index (Phi) is 5.70. The summed E-state index contributed by atoms with van der Waals surface area (Å²) in [5, 5.41) is 0. The molecule has 0 spiro atoms. The summed E-state index contributed by atoms with van der Waals surface area (Å²) >= 11 is 0. The molecular formula is C20H21F2NO4. The van der Waals surface area contributed by atoms with E-state index in [1.165, 1.54) is 0 Å². The second kappa shape index (κ2) is 8.00. The van der Waals surface area contributed by atoms with Crippen LogP contribution in [0, 0.1) is 25.5 Å². The number of nitrogens with zero attached hydrogens (tertiary/aromatic N) is 1. The van der Waals surface area contributed by atoms with Gasteiger partial charge in [0.15, 0.2) is 6.61 Å². The third-order valence-electron chi connectivity index (χ3n) is 4.79. The highest BCUT2D eigenvalue weighted by Gasteiger charge is 2.23. The van der Waals surface area contributed by atoms with Gasteiger partial charge in [-0.1, -0.05) is 6.07 Å². The van der Waals surface area contributed by atoms with Gasteiger partial charge < -0.3 is 14.0 Å². The molecule has 2 aromatic rings. The van der Waals surface area contributed by atoms with Crippen LogP contribution in [0.25, 0.3) is 0 Å². The van der Waals surface area contributed by atoms with E-state index in [2.05, 4.69) is 0 Å². The van der Waals surface area contributed by atoms with Crippen molar-refractivity contribution in [1.82, 2.24) is 4.57 Å². The Morgan fingerprint density at radius 2 is 1.96 bits per heavy atom. The topological polar surface area (TPSA) is 57.5 Å². The molecule has 0 saturated carbocycles. The zero-order valence-electron chi connectivity index (χ0n) is 15.3. The summed E-state index contributed by atoms with van der Waals surface area (Å²) in [6.45, 7) is 4.52. The molecule has 1 aliphatic heterocycles. The Balaban J connectivity index is 1.68. The number of carbonyl (C=O) groups is 2.